The number of carbonyl (C=O) groups is 1. The maximum atomic E-state index is 13.2. The van der Waals surface area contributed by atoms with Crippen LogP contribution in [0, 0.1) is 12.8 Å². The van der Waals surface area contributed by atoms with Crippen LogP contribution >= 0.6 is 0 Å². The van der Waals surface area contributed by atoms with Crippen molar-refractivity contribution < 1.29 is 26.4 Å². The van der Waals surface area contributed by atoms with Gasteiger partial charge in [0, 0.05) is 29.5 Å². The van der Waals surface area contributed by atoms with Gasteiger partial charge in [0.2, 0.25) is 5.91 Å². The highest BCUT2D eigenvalue weighted by Crippen LogP contribution is 2.36. The summed E-state index contributed by atoms with van der Waals surface area (Å²) in [6, 6.07) is -0.611. The Hall–Kier alpha value is -1.71. The summed E-state index contributed by atoms with van der Waals surface area (Å²) in [5.41, 5.74) is -0.704. The molecule has 1 amide bonds. The minimum absolute atomic E-state index is 0.0414. The van der Waals surface area contributed by atoms with Gasteiger partial charge in [-0.25, -0.2) is 18.4 Å². The molecule has 25 heavy (non-hydrogen) atoms. The number of rotatable bonds is 4. The molecule has 0 aromatic carbocycles. The average Bonchev–Trinajstić information content (AvgIpc) is 2.42. The van der Waals surface area contributed by atoms with Crippen LogP contribution in [0.25, 0.3) is 0 Å². The summed E-state index contributed by atoms with van der Waals surface area (Å²) in [5.74, 6) is -1.29. The molecule has 0 fully saturated rings. The second kappa shape index (κ2) is 6.89. The van der Waals surface area contributed by atoms with Crippen molar-refractivity contribution >= 4 is 15.7 Å². The third kappa shape index (κ3) is 5.13. The van der Waals surface area contributed by atoms with Gasteiger partial charge in [0.05, 0.1) is 5.75 Å². The molecule has 2 rings (SSSR count). The normalized spacial score (nSPS) is 19.2. The number of sulfone groups is 1. The predicted octanol–water partition coefficient (Wildman–Crippen LogP) is 1.46. The topological polar surface area (TPSA) is 89.0 Å². The first kappa shape index (κ1) is 19.6. The average molecular weight is 379 g/mol. The van der Waals surface area contributed by atoms with Crippen LogP contribution in [0.2, 0.25) is 0 Å². The van der Waals surface area contributed by atoms with Gasteiger partial charge >= 0.3 is 6.18 Å². The molecule has 1 aromatic heterocycles. The molecule has 2 atom stereocenters. The van der Waals surface area contributed by atoms with Crippen molar-refractivity contribution in [1.29, 1.82) is 0 Å². The van der Waals surface area contributed by atoms with Gasteiger partial charge in [-0.1, -0.05) is 0 Å². The van der Waals surface area contributed by atoms with Crippen LogP contribution < -0.4 is 5.32 Å². The van der Waals surface area contributed by atoms with E-state index in [1.54, 1.807) is 6.92 Å². The van der Waals surface area contributed by atoms with Crippen molar-refractivity contribution in [2.24, 2.45) is 5.92 Å². The van der Waals surface area contributed by atoms with Crippen molar-refractivity contribution in [3.05, 3.63) is 22.8 Å². The van der Waals surface area contributed by atoms with Crippen LogP contribution in [-0.4, -0.2) is 42.3 Å². The zero-order valence-corrected chi connectivity index (χ0v) is 15.0. The molecule has 140 valence electrons. The van der Waals surface area contributed by atoms with E-state index in [0.29, 0.717) is 12.1 Å². The molecule has 1 heterocycles. The number of aryl methyl sites for hydroxylation is 2. The van der Waals surface area contributed by atoms with E-state index in [0.717, 1.165) is 6.26 Å². The van der Waals surface area contributed by atoms with Crippen LogP contribution in [0.15, 0.2) is 0 Å². The fourth-order valence-electron chi connectivity index (χ4n) is 3.05. The second-order valence-electron chi connectivity index (χ2n) is 6.48. The van der Waals surface area contributed by atoms with Crippen LogP contribution in [0.4, 0.5) is 13.2 Å². The second-order valence-corrected chi connectivity index (χ2v) is 8.67. The van der Waals surface area contributed by atoms with Gasteiger partial charge in [-0.15, -0.1) is 0 Å². The molecule has 0 unspecified atom stereocenters. The van der Waals surface area contributed by atoms with E-state index in [1.807, 2.05) is 0 Å². The van der Waals surface area contributed by atoms with E-state index >= 15 is 0 Å². The molecule has 1 aliphatic rings. The lowest BCUT2D eigenvalue weighted by atomic mass is 9.84. The Bertz CT molecular complexity index is 778. The molecular weight excluding hydrogens is 359 g/mol. The Kier molecular flexibility index (Phi) is 5.41. The zero-order valence-electron chi connectivity index (χ0n) is 14.1. The van der Waals surface area contributed by atoms with E-state index in [2.05, 4.69) is 15.3 Å². The van der Waals surface area contributed by atoms with Crippen LogP contribution in [-0.2, 0) is 33.6 Å². The number of hydrogen-bond donors (Lipinski definition) is 1. The summed E-state index contributed by atoms with van der Waals surface area (Å²) >= 11 is 0. The highest BCUT2D eigenvalue weighted by molar-refractivity contribution is 7.90. The van der Waals surface area contributed by atoms with Crippen molar-refractivity contribution in [3.8, 4) is 0 Å². The monoisotopic (exact) mass is 379 g/mol. The summed E-state index contributed by atoms with van der Waals surface area (Å²) in [4.78, 5) is 19.9. The molecule has 10 heteroatoms. The van der Waals surface area contributed by atoms with Gasteiger partial charge in [0.15, 0.2) is 5.69 Å². The van der Waals surface area contributed by atoms with Crippen LogP contribution in [0.3, 0.4) is 0 Å². The number of hydrogen-bond acceptors (Lipinski definition) is 5. The number of fused-ring (bicyclic) bond motifs is 1. The maximum absolute atomic E-state index is 13.2. The van der Waals surface area contributed by atoms with E-state index in [1.165, 1.54) is 6.92 Å². The Labute approximate surface area is 144 Å². The SMILES string of the molecule is Cc1nc2c(c(C(F)(F)F)n1)C[C@H](C(=O)N[C@@H](C)CS(C)(=O)=O)CC2. The summed E-state index contributed by atoms with van der Waals surface area (Å²) < 4.78 is 62.2. The lowest BCUT2D eigenvalue weighted by molar-refractivity contribution is -0.142. The highest BCUT2D eigenvalue weighted by atomic mass is 32.2. The van der Waals surface area contributed by atoms with E-state index in [9.17, 15) is 26.4 Å². The Balaban J connectivity index is 2.19. The van der Waals surface area contributed by atoms with Gasteiger partial charge < -0.3 is 5.32 Å². The maximum Gasteiger partial charge on any atom is 0.433 e. The van der Waals surface area contributed by atoms with Crippen LogP contribution in [0.5, 0.6) is 0 Å². The Morgan fingerprint density at radius 2 is 2.00 bits per heavy atom. The fourth-order valence-corrected chi connectivity index (χ4v) is 4.04. The molecule has 0 radical (unpaired) electrons. The molecule has 1 N–H and O–H groups in total. The third-order valence-electron chi connectivity index (χ3n) is 3.97. The van der Waals surface area contributed by atoms with Gasteiger partial charge in [-0.05, 0) is 33.1 Å². The summed E-state index contributed by atoms with van der Waals surface area (Å²) in [6.07, 6.45) is -3.05. The van der Waals surface area contributed by atoms with E-state index in [4.69, 9.17) is 0 Å². The number of halogens is 3. The predicted molar refractivity (Wildman–Crippen MR) is 84.6 cm³/mol. The number of carbonyl (C=O) groups excluding carboxylic acids is 1. The molecule has 0 aliphatic heterocycles. The van der Waals surface area contributed by atoms with Gasteiger partial charge in [-0.2, -0.15) is 13.2 Å². The largest absolute Gasteiger partial charge is 0.433 e. The van der Waals surface area contributed by atoms with E-state index < -0.39 is 39.6 Å². The molecule has 6 nitrogen and oxygen atoms in total. The van der Waals surface area contributed by atoms with Crippen molar-refractivity contribution in [3.63, 3.8) is 0 Å². The van der Waals surface area contributed by atoms with E-state index in [-0.39, 0.29) is 30.0 Å². The first-order valence-electron chi connectivity index (χ1n) is 7.78. The molecule has 1 aliphatic carbocycles. The number of amides is 1. The Morgan fingerprint density at radius 3 is 2.56 bits per heavy atom. The minimum Gasteiger partial charge on any atom is -0.352 e. The zero-order chi connectivity index (χ0) is 19.0. The molecule has 1 aromatic rings. The van der Waals surface area contributed by atoms with Gasteiger partial charge in [-0.3, -0.25) is 4.79 Å². The first-order chi connectivity index (χ1) is 11.4. The van der Waals surface area contributed by atoms with Crippen molar-refractivity contribution in [1.82, 2.24) is 15.3 Å². The first-order valence-corrected chi connectivity index (χ1v) is 9.84. The van der Waals surface area contributed by atoms with Gasteiger partial charge in [0.25, 0.3) is 0 Å². The number of alkyl halides is 3. The Morgan fingerprint density at radius 1 is 1.36 bits per heavy atom. The lowest BCUT2D eigenvalue weighted by Gasteiger charge is -2.26. The number of nitrogens with one attached hydrogen (secondary N) is 1. The van der Waals surface area contributed by atoms with Crippen molar-refractivity contribution in [2.75, 3.05) is 12.0 Å². The standard InChI is InChI=1S/C15H20F3N3O3S/c1-8(7-25(3,23)24)19-14(22)10-4-5-12-11(6-10)13(15(16,17)18)21-9(2)20-12/h8,10H,4-7H2,1-3H3,(H,19,22)/t8-,10+/m0/s1. The molecule has 0 saturated carbocycles. The summed E-state index contributed by atoms with van der Waals surface area (Å²) in [5, 5.41) is 2.57. The number of aromatic nitrogens is 2. The minimum atomic E-state index is -4.61. The molecule has 0 bridgehead atoms. The smallest absolute Gasteiger partial charge is 0.352 e. The fraction of sp³-hybridized carbons (Fsp3) is 0.667. The van der Waals surface area contributed by atoms with Crippen molar-refractivity contribution in [2.45, 2.75) is 45.3 Å². The molecule has 0 saturated heterocycles. The van der Waals surface area contributed by atoms with Gasteiger partial charge in [0.1, 0.15) is 15.7 Å². The third-order valence-corrected chi connectivity index (χ3v) is 5.07. The summed E-state index contributed by atoms with van der Waals surface area (Å²) in [6.45, 7) is 2.95. The number of nitrogens with zero attached hydrogens (tertiary/aromatic N) is 2. The van der Waals surface area contributed by atoms with Crippen LogP contribution in [0.1, 0.15) is 36.1 Å². The molecule has 0 spiro atoms. The summed E-state index contributed by atoms with van der Waals surface area (Å²) in [7, 11) is -3.26. The quantitative estimate of drug-likeness (QED) is 0.856. The lowest BCUT2D eigenvalue weighted by Crippen LogP contribution is -2.42. The molecular formula is C15H20F3N3O3S. The highest BCUT2D eigenvalue weighted by Gasteiger charge is 2.40.